The number of hydrogen-bond donors (Lipinski definition) is 0. The number of nitrogens with zero attached hydrogens (tertiary/aromatic N) is 4. The topological polar surface area (TPSA) is 52.3 Å². The van der Waals surface area contributed by atoms with Gasteiger partial charge in [0.1, 0.15) is 17.1 Å². The Morgan fingerprint density at radius 1 is 1.10 bits per heavy atom. The molecular formula is C23H21ClF2N4O. The molecule has 0 atom stereocenters. The number of alkyl halides is 2. The van der Waals surface area contributed by atoms with E-state index < -0.39 is 5.92 Å². The van der Waals surface area contributed by atoms with E-state index in [2.05, 4.69) is 15.0 Å². The van der Waals surface area contributed by atoms with Crippen molar-refractivity contribution in [1.29, 1.82) is 0 Å². The molecule has 31 heavy (non-hydrogen) atoms. The van der Waals surface area contributed by atoms with Gasteiger partial charge in [-0.05, 0) is 57.0 Å². The Morgan fingerprint density at radius 2 is 1.87 bits per heavy atom. The molecule has 0 spiro atoms. The largest absolute Gasteiger partial charge is 0.490 e. The SMILES string of the molecule is Cc1ccc2nc(C)c3cnc(-c4cc(OC5CCC(F)(F)CC5)ccc4Cl)n3c2n1. The molecule has 1 aromatic carbocycles. The average molecular weight is 443 g/mol. The molecule has 1 fully saturated rings. The van der Waals surface area contributed by atoms with Crippen LogP contribution in [0.5, 0.6) is 5.75 Å². The van der Waals surface area contributed by atoms with Crippen molar-refractivity contribution >= 4 is 28.3 Å². The average Bonchev–Trinajstić information content (AvgIpc) is 3.17. The third-order valence-electron chi connectivity index (χ3n) is 5.77. The Kier molecular flexibility index (Phi) is 4.81. The normalized spacial score (nSPS) is 16.8. The van der Waals surface area contributed by atoms with Crippen LogP contribution in [-0.2, 0) is 0 Å². The highest BCUT2D eigenvalue weighted by Gasteiger charge is 2.35. The molecule has 0 aliphatic heterocycles. The summed E-state index contributed by atoms with van der Waals surface area (Å²) >= 11 is 6.55. The predicted octanol–water partition coefficient (Wildman–Crippen LogP) is 6.17. The Bertz CT molecular complexity index is 1290. The third-order valence-corrected chi connectivity index (χ3v) is 6.10. The Labute approximate surface area is 183 Å². The lowest BCUT2D eigenvalue weighted by Gasteiger charge is -2.28. The minimum absolute atomic E-state index is 0.147. The fourth-order valence-corrected chi connectivity index (χ4v) is 4.31. The van der Waals surface area contributed by atoms with E-state index in [1.165, 1.54) is 0 Å². The summed E-state index contributed by atoms with van der Waals surface area (Å²) in [6.07, 6.45) is 1.89. The van der Waals surface area contributed by atoms with Gasteiger partial charge in [-0.25, -0.2) is 23.7 Å². The van der Waals surface area contributed by atoms with E-state index in [-0.39, 0.29) is 18.9 Å². The molecule has 5 rings (SSSR count). The van der Waals surface area contributed by atoms with Crippen molar-refractivity contribution in [2.45, 2.75) is 51.6 Å². The molecule has 1 aliphatic carbocycles. The summed E-state index contributed by atoms with van der Waals surface area (Å²) < 4.78 is 34.9. The molecule has 8 heteroatoms. The van der Waals surface area contributed by atoms with Crippen molar-refractivity contribution in [2.24, 2.45) is 0 Å². The first kappa shape index (κ1) is 20.1. The highest BCUT2D eigenvalue weighted by atomic mass is 35.5. The van der Waals surface area contributed by atoms with Crippen LogP contribution in [0, 0.1) is 13.8 Å². The number of pyridine rings is 1. The quantitative estimate of drug-likeness (QED) is 0.380. The first-order chi connectivity index (χ1) is 14.8. The van der Waals surface area contributed by atoms with Gasteiger partial charge >= 0.3 is 0 Å². The van der Waals surface area contributed by atoms with Gasteiger partial charge in [-0.1, -0.05) is 11.6 Å². The number of benzene rings is 1. The highest BCUT2D eigenvalue weighted by Crippen LogP contribution is 2.37. The van der Waals surface area contributed by atoms with Crippen molar-refractivity contribution in [3.05, 3.63) is 52.9 Å². The number of aryl methyl sites for hydroxylation is 2. The molecule has 0 radical (unpaired) electrons. The van der Waals surface area contributed by atoms with Gasteiger partial charge in [0, 0.05) is 24.1 Å². The fraction of sp³-hybridized carbons (Fsp3) is 0.348. The summed E-state index contributed by atoms with van der Waals surface area (Å²) in [5.41, 5.74) is 4.71. The van der Waals surface area contributed by atoms with Gasteiger partial charge in [0.05, 0.1) is 28.5 Å². The summed E-state index contributed by atoms with van der Waals surface area (Å²) in [5.74, 6) is -1.36. The summed E-state index contributed by atoms with van der Waals surface area (Å²) in [5, 5.41) is 0.519. The lowest BCUT2D eigenvalue weighted by atomic mass is 9.94. The molecule has 0 bridgehead atoms. The van der Waals surface area contributed by atoms with Crippen LogP contribution >= 0.6 is 11.6 Å². The molecule has 3 aromatic heterocycles. The first-order valence-electron chi connectivity index (χ1n) is 10.3. The van der Waals surface area contributed by atoms with Crippen molar-refractivity contribution in [3.8, 4) is 17.1 Å². The number of imidazole rings is 1. The predicted molar refractivity (Wildman–Crippen MR) is 116 cm³/mol. The number of halogens is 3. The zero-order valence-corrected chi connectivity index (χ0v) is 18.0. The Hall–Kier alpha value is -2.80. The molecule has 160 valence electrons. The number of fused-ring (bicyclic) bond motifs is 3. The van der Waals surface area contributed by atoms with Gasteiger partial charge in [-0.2, -0.15) is 0 Å². The second-order valence-electron chi connectivity index (χ2n) is 8.11. The Morgan fingerprint density at radius 3 is 2.65 bits per heavy atom. The molecule has 5 nitrogen and oxygen atoms in total. The number of rotatable bonds is 3. The molecule has 0 amide bonds. The maximum absolute atomic E-state index is 13.5. The van der Waals surface area contributed by atoms with Crippen molar-refractivity contribution in [1.82, 2.24) is 19.4 Å². The molecule has 0 unspecified atom stereocenters. The van der Waals surface area contributed by atoms with Crippen LogP contribution in [0.25, 0.3) is 28.1 Å². The van der Waals surface area contributed by atoms with Crippen LogP contribution in [0.2, 0.25) is 5.02 Å². The standard InChI is InChI=1S/C23H21ClF2N4O/c1-13-3-6-19-22(28-13)30-20(14(2)29-19)12-27-21(30)17-11-16(4-5-18(17)24)31-15-7-9-23(25,26)10-8-15/h3-6,11-12,15H,7-10H2,1-2H3. The minimum Gasteiger partial charge on any atom is -0.490 e. The zero-order chi connectivity index (χ0) is 21.8. The van der Waals surface area contributed by atoms with E-state index in [9.17, 15) is 8.78 Å². The van der Waals surface area contributed by atoms with E-state index in [1.807, 2.05) is 36.4 Å². The highest BCUT2D eigenvalue weighted by molar-refractivity contribution is 6.33. The van der Waals surface area contributed by atoms with Crippen molar-refractivity contribution in [3.63, 3.8) is 0 Å². The lowest BCUT2D eigenvalue weighted by molar-refractivity contribution is -0.0582. The van der Waals surface area contributed by atoms with Crippen LogP contribution < -0.4 is 4.74 Å². The van der Waals surface area contributed by atoms with Gasteiger partial charge in [0.15, 0.2) is 5.65 Å². The number of ether oxygens (including phenoxy) is 1. The molecule has 3 heterocycles. The Balaban J connectivity index is 1.58. The molecule has 1 saturated carbocycles. The molecular weight excluding hydrogens is 422 g/mol. The lowest BCUT2D eigenvalue weighted by Crippen LogP contribution is -2.30. The van der Waals surface area contributed by atoms with Crippen LogP contribution in [0.1, 0.15) is 37.1 Å². The monoisotopic (exact) mass is 442 g/mol. The van der Waals surface area contributed by atoms with Gasteiger partial charge in [0.25, 0.3) is 0 Å². The summed E-state index contributed by atoms with van der Waals surface area (Å²) in [7, 11) is 0. The van der Waals surface area contributed by atoms with E-state index >= 15 is 0 Å². The van der Waals surface area contributed by atoms with Crippen LogP contribution in [0.3, 0.4) is 0 Å². The number of hydrogen-bond acceptors (Lipinski definition) is 4. The second-order valence-corrected chi connectivity index (χ2v) is 8.52. The van der Waals surface area contributed by atoms with Crippen molar-refractivity contribution < 1.29 is 13.5 Å². The molecule has 0 saturated heterocycles. The molecule has 0 N–H and O–H groups in total. The van der Waals surface area contributed by atoms with Crippen LogP contribution in [-0.4, -0.2) is 31.4 Å². The second kappa shape index (κ2) is 7.41. The van der Waals surface area contributed by atoms with Gasteiger partial charge in [-0.15, -0.1) is 0 Å². The summed E-state index contributed by atoms with van der Waals surface area (Å²) in [4.78, 5) is 13.9. The van der Waals surface area contributed by atoms with Gasteiger partial charge in [0.2, 0.25) is 5.92 Å². The van der Waals surface area contributed by atoms with E-state index in [1.54, 1.807) is 18.3 Å². The van der Waals surface area contributed by atoms with E-state index in [0.717, 1.165) is 22.4 Å². The summed E-state index contributed by atoms with van der Waals surface area (Å²) in [6.45, 7) is 3.86. The fourth-order valence-electron chi connectivity index (χ4n) is 4.11. The zero-order valence-electron chi connectivity index (χ0n) is 17.2. The molecule has 4 aromatic rings. The van der Waals surface area contributed by atoms with Gasteiger partial charge in [-0.3, -0.25) is 4.40 Å². The molecule has 1 aliphatic rings. The van der Waals surface area contributed by atoms with E-state index in [0.29, 0.717) is 40.6 Å². The van der Waals surface area contributed by atoms with Crippen LogP contribution in [0.15, 0.2) is 36.5 Å². The smallest absolute Gasteiger partial charge is 0.248 e. The van der Waals surface area contributed by atoms with Crippen LogP contribution in [0.4, 0.5) is 8.78 Å². The van der Waals surface area contributed by atoms with Gasteiger partial charge < -0.3 is 4.74 Å². The minimum atomic E-state index is -2.59. The maximum atomic E-state index is 13.5. The van der Waals surface area contributed by atoms with E-state index in [4.69, 9.17) is 16.3 Å². The maximum Gasteiger partial charge on any atom is 0.248 e. The third kappa shape index (κ3) is 3.71. The van der Waals surface area contributed by atoms with Crippen molar-refractivity contribution in [2.75, 3.05) is 0 Å². The first-order valence-corrected chi connectivity index (χ1v) is 10.6. The number of aromatic nitrogens is 4. The summed E-state index contributed by atoms with van der Waals surface area (Å²) in [6, 6.07) is 9.20.